The Morgan fingerprint density at radius 1 is 1.16 bits per heavy atom. The van der Waals surface area contributed by atoms with E-state index in [0.29, 0.717) is 11.1 Å². The first-order valence-corrected chi connectivity index (χ1v) is 10.5. The van der Waals surface area contributed by atoms with Gasteiger partial charge in [-0.1, -0.05) is 42.1 Å². The molecule has 158 valence electrons. The second-order valence-corrected chi connectivity index (χ2v) is 7.62. The fourth-order valence-corrected chi connectivity index (χ4v) is 3.62. The van der Waals surface area contributed by atoms with Crippen LogP contribution in [0.5, 0.6) is 5.75 Å². The molecule has 0 aliphatic carbocycles. The molecule has 0 saturated heterocycles. The molecule has 0 unspecified atom stereocenters. The number of benzene rings is 2. The van der Waals surface area contributed by atoms with Crippen molar-refractivity contribution in [3.8, 4) is 17.2 Å². The van der Waals surface area contributed by atoms with E-state index in [1.807, 2.05) is 72.4 Å². The fraction of sp³-hybridized carbons (Fsp3) is 0.182. The summed E-state index contributed by atoms with van der Waals surface area (Å²) in [5, 5.41) is 11.5. The maximum absolute atomic E-state index is 12.7. The zero-order chi connectivity index (χ0) is 21.6. The number of hydrogen-bond acceptors (Lipinski definition) is 7. The molecule has 1 N–H and O–H groups in total. The number of carbonyl (C=O) groups excluding carboxylic acids is 1. The molecule has 2 aromatic carbocycles. The molecule has 2 aromatic heterocycles. The maximum Gasteiger partial charge on any atom is 0.277 e. The third kappa shape index (κ3) is 4.95. The first-order chi connectivity index (χ1) is 15.1. The quantitative estimate of drug-likeness (QED) is 0.423. The Morgan fingerprint density at radius 3 is 2.61 bits per heavy atom. The van der Waals surface area contributed by atoms with Crippen molar-refractivity contribution in [2.75, 3.05) is 12.9 Å². The van der Waals surface area contributed by atoms with Crippen molar-refractivity contribution >= 4 is 17.7 Å². The molecule has 4 rings (SSSR count). The van der Waals surface area contributed by atoms with Crippen LogP contribution in [0.4, 0.5) is 0 Å². The third-order valence-corrected chi connectivity index (χ3v) is 5.44. The van der Waals surface area contributed by atoms with Gasteiger partial charge in [-0.25, -0.2) is 4.98 Å². The molecule has 1 atom stereocenters. The van der Waals surface area contributed by atoms with Crippen molar-refractivity contribution in [2.45, 2.75) is 11.3 Å². The average Bonchev–Trinajstić information content (AvgIpc) is 3.46. The summed E-state index contributed by atoms with van der Waals surface area (Å²) >= 11 is 1.19. The molecule has 0 aliphatic heterocycles. The van der Waals surface area contributed by atoms with Crippen molar-refractivity contribution < 1.29 is 13.9 Å². The van der Waals surface area contributed by atoms with Crippen LogP contribution in [0.2, 0.25) is 0 Å². The van der Waals surface area contributed by atoms with Crippen LogP contribution >= 0.6 is 11.8 Å². The minimum absolute atomic E-state index is 0.137. The van der Waals surface area contributed by atoms with E-state index in [4.69, 9.17) is 9.15 Å². The van der Waals surface area contributed by atoms with Crippen LogP contribution in [0.25, 0.3) is 11.5 Å². The molecule has 0 aliphatic rings. The van der Waals surface area contributed by atoms with Gasteiger partial charge in [0.25, 0.3) is 5.22 Å². The summed E-state index contributed by atoms with van der Waals surface area (Å²) in [6.07, 6.45) is 3.57. The highest BCUT2D eigenvalue weighted by Crippen LogP contribution is 2.25. The monoisotopic (exact) mass is 435 g/mol. The Hall–Kier alpha value is -3.59. The zero-order valence-electron chi connectivity index (χ0n) is 17.1. The average molecular weight is 436 g/mol. The summed E-state index contributed by atoms with van der Waals surface area (Å²) in [5.74, 6) is 1.86. The van der Waals surface area contributed by atoms with Crippen molar-refractivity contribution in [3.05, 3.63) is 78.4 Å². The Balaban J connectivity index is 1.41. The van der Waals surface area contributed by atoms with Gasteiger partial charge in [-0.05, 0) is 29.8 Å². The first-order valence-electron chi connectivity index (χ1n) is 9.56. The van der Waals surface area contributed by atoms with Crippen LogP contribution in [-0.2, 0) is 11.8 Å². The van der Waals surface area contributed by atoms with Gasteiger partial charge in [-0.2, -0.15) is 0 Å². The highest BCUT2D eigenvalue weighted by atomic mass is 32.2. The SMILES string of the molecule is COc1ccc(-c2nnc(SCC(=O)N[C@H](c3ccccc3)c3nccn3C)o2)cc1. The van der Waals surface area contributed by atoms with Crippen LogP contribution in [0.3, 0.4) is 0 Å². The summed E-state index contributed by atoms with van der Waals surface area (Å²) in [4.78, 5) is 17.1. The second-order valence-electron chi connectivity index (χ2n) is 6.70. The number of methoxy groups -OCH3 is 1. The number of hydrogen-bond donors (Lipinski definition) is 1. The number of nitrogens with one attached hydrogen (secondary N) is 1. The number of aryl methyl sites for hydroxylation is 1. The van der Waals surface area contributed by atoms with Crippen LogP contribution in [0.15, 0.2) is 76.6 Å². The fourth-order valence-electron chi connectivity index (χ4n) is 3.05. The molecule has 0 saturated carbocycles. The van der Waals surface area contributed by atoms with Crippen molar-refractivity contribution in [1.82, 2.24) is 25.1 Å². The lowest BCUT2D eigenvalue weighted by molar-refractivity contribution is -0.119. The van der Waals surface area contributed by atoms with Gasteiger partial charge >= 0.3 is 0 Å². The van der Waals surface area contributed by atoms with Crippen molar-refractivity contribution in [1.29, 1.82) is 0 Å². The van der Waals surface area contributed by atoms with Gasteiger partial charge in [-0.15, -0.1) is 10.2 Å². The van der Waals surface area contributed by atoms with E-state index < -0.39 is 0 Å². The first kappa shape index (κ1) is 20.7. The van der Waals surface area contributed by atoms with E-state index in [1.165, 1.54) is 11.8 Å². The van der Waals surface area contributed by atoms with Gasteiger partial charge in [0.05, 0.1) is 12.9 Å². The van der Waals surface area contributed by atoms with Gasteiger partial charge in [0.15, 0.2) is 0 Å². The summed E-state index contributed by atoms with van der Waals surface area (Å²) in [6.45, 7) is 0. The normalized spacial score (nSPS) is 11.8. The number of rotatable bonds is 8. The van der Waals surface area contributed by atoms with E-state index in [0.717, 1.165) is 22.7 Å². The highest BCUT2D eigenvalue weighted by molar-refractivity contribution is 7.99. The topological polar surface area (TPSA) is 95.1 Å². The molecule has 4 aromatic rings. The summed E-state index contributed by atoms with van der Waals surface area (Å²) in [5.41, 5.74) is 1.73. The number of amides is 1. The Labute approximate surface area is 183 Å². The van der Waals surface area contributed by atoms with Gasteiger partial charge in [0.1, 0.15) is 17.6 Å². The van der Waals surface area contributed by atoms with E-state index in [-0.39, 0.29) is 17.7 Å². The minimum atomic E-state index is -0.355. The highest BCUT2D eigenvalue weighted by Gasteiger charge is 2.21. The lowest BCUT2D eigenvalue weighted by Gasteiger charge is -2.19. The van der Waals surface area contributed by atoms with E-state index in [9.17, 15) is 4.79 Å². The molecule has 2 heterocycles. The van der Waals surface area contributed by atoms with E-state index in [2.05, 4.69) is 20.5 Å². The standard InChI is InChI=1S/C22H21N5O3S/c1-27-13-12-23-20(27)19(15-6-4-3-5-7-15)24-18(28)14-31-22-26-25-21(30-22)16-8-10-17(29-2)11-9-16/h3-13,19H,14H2,1-2H3,(H,24,28)/t19-/m1/s1. The number of thioether (sulfide) groups is 1. The molecule has 8 nitrogen and oxygen atoms in total. The van der Waals surface area contributed by atoms with Gasteiger partial charge < -0.3 is 19.0 Å². The van der Waals surface area contributed by atoms with Gasteiger partial charge in [-0.3, -0.25) is 4.79 Å². The molecule has 0 radical (unpaired) electrons. The number of carbonyl (C=O) groups is 1. The molecular formula is C22H21N5O3S. The number of imidazole rings is 1. The maximum atomic E-state index is 12.7. The summed E-state index contributed by atoms with van der Waals surface area (Å²) < 4.78 is 12.7. The summed E-state index contributed by atoms with van der Waals surface area (Å²) in [7, 11) is 3.51. The molecule has 0 bridgehead atoms. The van der Waals surface area contributed by atoms with E-state index in [1.54, 1.807) is 13.3 Å². The Morgan fingerprint density at radius 2 is 1.94 bits per heavy atom. The minimum Gasteiger partial charge on any atom is -0.497 e. The molecule has 9 heteroatoms. The number of ether oxygens (including phenoxy) is 1. The smallest absolute Gasteiger partial charge is 0.277 e. The molecule has 0 fully saturated rings. The Kier molecular flexibility index (Phi) is 6.32. The van der Waals surface area contributed by atoms with Gasteiger partial charge in [0.2, 0.25) is 11.8 Å². The second kappa shape index (κ2) is 9.48. The van der Waals surface area contributed by atoms with Crippen molar-refractivity contribution in [3.63, 3.8) is 0 Å². The van der Waals surface area contributed by atoms with Gasteiger partial charge in [0, 0.05) is 25.0 Å². The lowest BCUT2D eigenvalue weighted by atomic mass is 10.1. The molecular weight excluding hydrogens is 414 g/mol. The number of aromatic nitrogens is 4. The predicted octanol–water partition coefficient (Wildman–Crippen LogP) is 3.48. The van der Waals surface area contributed by atoms with Crippen LogP contribution < -0.4 is 10.1 Å². The van der Waals surface area contributed by atoms with E-state index >= 15 is 0 Å². The van der Waals surface area contributed by atoms with Crippen LogP contribution in [0, 0.1) is 0 Å². The predicted molar refractivity (Wildman–Crippen MR) is 117 cm³/mol. The molecule has 0 spiro atoms. The summed E-state index contributed by atoms with van der Waals surface area (Å²) in [6, 6.07) is 16.7. The molecule has 31 heavy (non-hydrogen) atoms. The number of nitrogens with zero attached hydrogens (tertiary/aromatic N) is 4. The largest absolute Gasteiger partial charge is 0.497 e. The third-order valence-electron chi connectivity index (χ3n) is 4.63. The van der Waals surface area contributed by atoms with Crippen LogP contribution in [0.1, 0.15) is 17.4 Å². The molecule has 1 amide bonds. The van der Waals surface area contributed by atoms with Crippen molar-refractivity contribution in [2.24, 2.45) is 7.05 Å². The van der Waals surface area contributed by atoms with Crippen LogP contribution in [-0.4, -0.2) is 38.5 Å². The zero-order valence-corrected chi connectivity index (χ0v) is 17.9. The lowest BCUT2D eigenvalue weighted by Crippen LogP contribution is -2.32. The Bertz CT molecular complexity index is 1140.